The van der Waals surface area contributed by atoms with Gasteiger partial charge in [0.15, 0.2) is 5.78 Å². The highest BCUT2D eigenvalue weighted by atomic mass is 19.1. The van der Waals surface area contributed by atoms with Crippen LogP contribution in [0.4, 0.5) is 4.39 Å². The molecule has 122 valence electrons. The lowest BCUT2D eigenvalue weighted by Gasteiger charge is -2.29. The molecule has 1 fully saturated rings. The van der Waals surface area contributed by atoms with Gasteiger partial charge in [-0.15, -0.1) is 0 Å². The van der Waals surface area contributed by atoms with Crippen molar-refractivity contribution in [3.63, 3.8) is 0 Å². The average molecular weight is 304 g/mol. The molecule has 22 heavy (non-hydrogen) atoms. The van der Waals surface area contributed by atoms with Gasteiger partial charge in [0.05, 0.1) is 5.56 Å². The lowest BCUT2D eigenvalue weighted by Crippen LogP contribution is -2.14. The minimum atomic E-state index is -0.355. The molecular formula is C20H29FO. The van der Waals surface area contributed by atoms with E-state index in [4.69, 9.17) is 0 Å². The van der Waals surface area contributed by atoms with Crippen molar-refractivity contribution >= 4 is 5.78 Å². The number of hydrogen-bond donors (Lipinski definition) is 0. The Balaban J connectivity index is 1.84. The van der Waals surface area contributed by atoms with E-state index in [1.807, 2.05) is 6.07 Å². The number of halogens is 1. The number of ketones is 1. The van der Waals surface area contributed by atoms with Crippen molar-refractivity contribution in [2.24, 2.45) is 5.92 Å². The molecule has 0 spiro atoms. The standard InChI is InChI=1S/C20H29FO/c1-3-4-5-6-7-16-8-10-17(11-9-16)18-12-13-19(15(2)22)20(21)14-18/h12-14,16-17H,3-11H2,1-2H3/t16-,17-. The van der Waals surface area contributed by atoms with E-state index in [1.54, 1.807) is 12.1 Å². The molecule has 1 aliphatic carbocycles. The van der Waals surface area contributed by atoms with Crippen molar-refractivity contribution in [2.75, 3.05) is 0 Å². The van der Waals surface area contributed by atoms with Gasteiger partial charge < -0.3 is 0 Å². The van der Waals surface area contributed by atoms with Crippen LogP contribution in [0.5, 0.6) is 0 Å². The molecule has 0 aliphatic heterocycles. The van der Waals surface area contributed by atoms with Gasteiger partial charge in [-0.25, -0.2) is 4.39 Å². The molecule has 0 atom stereocenters. The summed E-state index contributed by atoms with van der Waals surface area (Å²) in [4.78, 5) is 11.3. The largest absolute Gasteiger partial charge is 0.294 e. The number of carbonyl (C=O) groups is 1. The van der Waals surface area contributed by atoms with E-state index in [-0.39, 0.29) is 17.2 Å². The molecule has 0 unspecified atom stereocenters. The fraction of sp³-hybridized carbons (Fsp3) is 0.650. The zero-order chi connectivity index (χ0) is 15.9. The van der Waals surface area contributed by atoms with Crippen LogP contribution in [0.3, 0.4) is 0 Å². The first-order valence-corrected chi connectivity index (χ1v) is 8.92. The Kier molecular flexibility index (Phi) is 6.60. The number of unbranched alkanes of at least 4 members (excludes halogenated alkanes) is 3. The Morgan fingerprint density at radius 2 is 1.86 bits per heavy atom. The van der Waals surface area contributed by atoms with E-state index in [1.165, 1.54) is 51.9 Å². The van der Waals surface area contributed by atoms with E-state index in [2.05, 4.69) is 6.92 Å². The van der Waals surface area contributed by atoms with E-state index < -0.39 is 0 Å². The first-order chi connectivity index (χ1) is 10.6. The van der Waals surface area contributed by atoms with Crippen LogP contribution >= 0.6 is 0 Å². The summed E-state index contributed by atoms with van der Waals surface area (Å²) in [6.07, 6.45) is 11.6. The van der Waals surface area contributed by atoms with Crippen molar-refractivity contribution in [3.05, 3.63) is 35.1 Å². The van der Waals surface area contributed by atoms with Crippen molar-refractivity contribution in [1.82, 2.24) is 0 Å². The van der Waals surface area contributed by atoms with Crippen molar-refractivity contribution in [2.45, 2.75) is 77.6 Å². The van der Waals surface area contributed by atoms with E-state index in [9.17, 15) is 9.18 Å². The second-order valence-corrected chi connectivity index (χ2v) is 6.86. The van der Waals surface area contributed by atoms with E-state index in [0.29, 0.717) is 5.92 Å². The fourth-order valence-corrected chi connectivity index (χ4v) is 3.72. The van der Waals surface area contributed by atoms with Gasteiger partial charge >= 0.3 is 0 Å². The lowest BCUT2D eigenvalue weighted by atomic mass is 9.77. The van der Waals surface area contributed by atoms with Gasteiger partial charge in [-0.2, -0.15) is 0 Å². The van der Waals surface area contributed by atoms with Crippen LogP contribution in [0, 0.1) is 11.7 Å². The quantitative estimate of drug-likeness (QED) is 0.428. The summed E-state index contributed by atoms with van der Waals surface area (Å²) in [6.45, 7) is 3.67. The third-order valence-electron chi connectivity index (χ3n) is 5.16. The highest BCUT2D eigenvalue weighted by molar-refractivity contribution is 5.94. The molecule has 0 bridgehead atoms. The van der Waals surface area contributed by atoms with Crippen LogP contribution in [0.1, 0.15) is 93.5 Å². The maximum atomic E-state index is 14.0. The Labute approximate surface area is 134 Å². The van der Waals surface area contributed by atoms with Crippen molar-refractivity contribution in [3.8, 4) is 0 Å². The summed E-state index contributed by atoms with van der Waals surface area (Å²) in [5, 5.41) is 0. The van der Waals surface area contributed by atoms with Crippen LogP contribution < -0.4 is 0 Å². The third-order valence-corrected chi connectivity index (χ3v) is 5.16. The fourth-order valence-electron chi connectivity index (χ4n) is 3.72. The maximum Gasteiger partial charge on any atom is 0.162 e. The van der Waals surface area contributed by atoms with Crippen molar-refractivity contribution in [1.29, 1.82) is 0 Å². The predicted octanol–water partition coefficient (Wildman–Crippen LogP) is 6.27. The molecule has 1 aliphatic rings. The Hall–Kier alpha value is -1.18. The predicted molar refractivity (Wildman–Crippen MR) is 89.9 cm³/mol. The summed E-state index contributed by atoms with van der Waals surface area (Å²) in [5.41, 5.74) is 1.29. The highest BCUT2D eigenvalue weighted by Gasteiger charge is 2.23. The molecule has 1 aromatic carbocycles. The summed E-state index contributed by atoms with van der Waals surface area (Å²) >= 11 is 0. The third kappa shape index (κ3) is 4.66. The van der Waals surface area contributed by atoms with Crippen LogP contribution in [-0.4, -0.2) is 5.78 Å². The van der Waals surface area contributed by atoms with Gasteiger partial charge in [0.2, 0.25) is 0 Å². The lowest BCUT2D eigenvalue weighted by molar-refractivity contribution is 0.101. The van der Waals surface area contributed by atoms with Gasteiger partial charge in [0.1, 0.15) is 5.82 Å². The molecule has 2 rings (SSSR count). The molecule has 0 saturated heterocycles. The highest BCUT2D eigenvalue weighted by Crippen LogP contribution is 2.38. The van der Waals surface area contributed by atoms with Crippen LogP contribution in [0.15, 0.2) is 18.2 Å². The summed E-state index contributed by atoms with van der Waals surface area (Å²) in [7, 11) is 0. The van der Waals surface area contributed by atoms with E-state index >= 15 is 0 Å². The molecule has 1 nitrogen and oxygen atoms in total. The van der Waals surface area contributed by atoms with Gasteiger partial charge in [-0.05, 0) is 62.1 Å². The molecule has 2 heteroatoms. The second-order valence-electron chi connectivity index (χ2n) is 6.86. The van der Waals surface area contributed by atoms with Crippen LogP contribution in [0.2, 0.25) is 0 Å². The average Bonchev–Trinajstić information content (AvgIpc) is 2.52. The van der Waals surface area contributed by atoms with E-state index in [0.717, 1.165) is 24.3 Å². The van der Waals surface area contributed by atoms with Gasteiger partial charge in [0, 0.05) is 0 Å². The van der Waals surface area contributed by atoms with Crippen molar-refractivity contribution < 1.29 is 9.18 Å². The van der Waals surface area contributed by atoms with Gasteiger partial charge in [-0.1, -0.05) is 45.1 Å². The number of Topliss-reactive ketones (excluding diaryl/α,β-unsaturated/α-hetero) is 1. The zero-order valence-electron chi connectivity index (χ0n) is 14.0. The molecule has 1 saturated carbocycles. The molecule has 1 aromatic rings. The molecule has 0 N–H and O–H groups in total. The Morgan fingerprint density at radius 1 is 1.14 bits per heavy atom. The number of carbonyl (C=O) groups excluding carboxylic acids is 1. The van der Waals surface area contributed by atoms with Crippen LogP contribution in [0.25, 0.3) is 0 Å². The minimum Gasteiger partial charge on any atom is -0.294 e. The topological polar surface area (TPSA) is 17.1 Å². The first-order valence-electron chi connectivity index (χ1n) is 8.92. The minimum absolute atomic E-state index is 0.195. The normalized spacial score (nSPS) is 21.8. The Bertz CT molecular complexity index is 486. The summed E-state index contributed by atoms with van der Waals surface area (Å²) in [5.74, 6) is 0.795. The second kappa shape index (κ2) is 8.45. The molecule has 0 heterocycles. The molecule has 0 radical (unpaired) electrons. The SMILES string of the molecule is CCCCCC[C@H]1CC[C@H](c2ccc(C(C)=O)c(F)c2)CC1. The molecular weight excluding hydrogens is 275 g/mol. The number of benzene rings is 1. The smallest absolute Gasteiger partial charge is 0.162 e. The summed E-state index contributed by atoms with van der Waals surface area (Å²) in [6, 6.07) is 5.19. The molecule has 0 aromatic heterocycles. The number of hydrogen-bond acceptors (Lipinski definition) is 1. The van der Waals surface area contributed by atoms with Crippen LogP contribution in [-0.2, 0) is 0 Å². The zero-order valence-corrected chi connectivity index (χ0v) is 14.0. The summed E-state index contributed by atoms with van der Waals surface area (Å²) < 4.78 is 14.0. The Morgan fingerprint density at radius 3 is 2.45 bits per heavy atom. The maximum absolute atomic E-state index is 14.0. The van der Waals surface area contributed by atoms with Gasteiger partial charge in [-0.3, -0.25) is 4.79 Å². The monoisotopic (exact) mass is 304 g/mol. The first kappa shape index (κ1) is 17.2. The van der Waals surface area contributed by atoms with Gasteiger partial charge in [0.25, 0.3) is 0 Å². The number of rotatable bonds is 7. The molecule has 0 amide bonds.